The van der Waals surface area contributed by atoms with Gasteiger partial charge < -0.3 is 9.80 Å². The monoisotopic (exact) mass is 386 g/mol. The summed E-state index contributed by atoms with van der Waals surface area (Å²) in [7, 11) is 0. The fourth-order valence-electron chi connectivity index (χ4n) is 4.09. The van der Waals surface area contributed by atoms with Gasteiger partial charge in [0.25, 0.3) is 5.91 Å². The summed E-state index contributed by atoms with van der Waals surface area (Å²) in [6, 6.07) is 8.10. The number of amides is 2. The standard InChI is InChI=1S/C22H34N4O2/c1-3-25(4-2)21(27)18-24-15-13-23(14-16-24)17-19-7-9-20(10-8-19)22(28)26-11-5-6-12-26/h7-10H,3-6,11-18H2,1-2H3. The Bertz CT molecular complexity index is 643. The Morgan fingerprint density at radius 3 is 2.00 bits per heavy atom. The quantitative estimate of drug-likeness (QED) is 0.718. The number of likely N-dealkylation sites (N-methyl/N-ethyl adjacent to an activating group) is 1. The van der Waals surface area contributed by atoms with Gasteiger partial charge in [0, 0.05) is 64.5 Å². The van der Waals surface area contributed by atoms with E-state index in [1.54, 1.807) is 0 Å². The molecule has 2 fully saturated rings. The largest absolute Gasteiger partial charge is 0.342 e. The van der Waals surface area contributed by atoms with Gasteiger partial charge in [0.2, 0.25) is 5.91 Å². The van der Waals surface area contributed by atoms with Gasteiger partial charge >= 0.3 is 0 Å². The number of carbonyl (C=O) groups is 2. The van der Waals surface area contributed by atoms with Crippen LogP contribution in [0.2, 0.25) is 0 Å². The zero-order valence-corrected chi connectivity index (χ0v) is 17.4. The van der Waals surface area contributed by atoms with Crippen molar-refractivity contribution in [2.24, 2.45) is 0 Å². The summed E-state index contributed by atoms with van der Waals surface area (Å²) in [5.41, 5.74) is 2.04. The number of hydrogen-bond donors (Lipinski definition) is 0. The number of hydrogen-bond acceptors (Lipinski definition) is 4. The van der Waals surface area contributed by atoms with Crippen LogP contribution in [0.15, 0.2) is 24.3 Å². The summed E-state index contributed by atoms with van der Waals surface area (Å²) in [6.07, 6.45) is 2.24. The van der Waals surface area contributed by atoms with Crippen molar-refractivity contribution < 1.29 is 9.59 Å². The van der Waals surface area contributed by atoms with Crippen LogP contribution in [0.3, 0.4) is 0 Å². The lowest BCUT2D eigenvalue weighted by Gasteiger charge is -2.35. The molecule has 0 radical (unpaired) electrons. The molecule has 28 heavy (non-hydrogen) atoms. The van der Waals surface area contributed by atoms with Crippen LogP contribution < -0.4 is 0 Å². The van der Waals surface area contributed by atoms with Crippen LogP contribution in [-0.4, -0.2) is 90.3 Å². The first-order valence-electron chi connectivity index (χ1n) is 10.7. The van der Waals surface area contributed by atoms with Gasteiger partial charge in [-0.25, -0.2) is 0 Å². The minimum atomic E-state index is 0.163. The zero-order chi connectivity index (χ0) is 19.9. The molecule has 6 nitrogen and oxygen atoms in total. The average Bonchev–Trinajstić information content (AvgIpc) is 3.25. The van der Waals surface area contributed by atoms with Crippen LogP contribution >= 0.6 is 0 Å². The molecule has 0 spiro atoms. The molecule has 2 heterocycles. The highest BCUT2D eigenvalue weighted by molar-refractivity contribution is 5.94. The summed E-state index contributed by atoms with van der Waals surface area (Å²) in [5.74, 6) is 0.396. The van der Waals surface area contributed by atoms with E-state index in [2.05, 4.69) is 21.9 Å². The van der Waals surface area contributed by atoms with Crippen LogP contribution in [0, 0.1) is 0 Å². The van der Waals surface area contributed by atoms with E-state index in [9.17, 15) is 9.59 Å². The molecule has 1 aromatic carbocycles. The minimum Gasteiger partial charge on any atom is -0.342 e. The Hall–Kier alpha value is -1.92. The maximum absolute atomic E-state index is 12.4. The number of piperazine rings is 1. The lowest BCUT2D eigenvalue weighted by molar-refractivity contribution is -0.132. The van der Waals surface area contributed by atoms with Gasteiger partial charge in [-0.2, -0.15) is 0 Å². The van der Waals surface area contributed by atoms with Gasteiger partial charge in [-0.05, 0) is 44.4 Å². The maximum Gasteiger partial charge on any atom is 0.253 e. The first-order chi connectivity index (χ1) is 13.6. The van der Waals surface area contributed by atoms with Crippen molar-refractivity contribution in [3.05, 3.63) is 35.4 Å². The van der Waals surface area contributed by atoms with Crippen molar-refractivity contribution in [3.63, 3.8) is 0 Å². The fraction of sp³-hybridized carbons (Fsp3) is 0.636. The molecule has 0 atom stereocenters. The minimum absolute atomic E-state index is 0.163. The van der Waals surface area contributed by atoms with Crippen LogP contribution in [-0.2, 0) is 11.3 Å². The van der Waals surface area contributed by atoms with E-state index in [0.29, 0.717) is 6.54 Å². The van der Waals surface area contributed by atoms with E-state index in [4.69, 9.17) is 0 Å². The molecule has 2 amide bonds. The Balaban J connectivity index is 1.44. The van der Waals surface area contributed by atoms with Gasteiger partial charge in [0.1, 0.15) is 0 Å². The Morgan fingerprint density at radius 1 is 0.857 bits per heavy atom. The first-order valence-corrected chi connectivity index (χ1v) is 10.7. The summed E-state index contributed by atoms with van der Waals surface area (Å²) in [5, 5.41) is 0. The third-order valence-electron chi connectivity index (χ3n) is 5.94. The summed E-state index contributed by atoms with van der Waals surface area (Å²) < 4.78 is 0. The third-order valence-corrected chi connectivity index (χ3v) is 5.94. The Labute approximate surface area is 169 Å². The predicted octanol–water partition coefficient (Wildman–Crippen LogP) is 1.91. The SMILES string of the molecule is CCN(CC)C(=O)CN1CCN(Cc2ccc(C(=O)N3CCCC3)cc2)CC1. The van der Waals surface area contributed by atoms with Crippen molar-refractivity contribution in [1.29, 1.82) is 0 Å². The number of rotatable bonds is 7. The lowest BCUT2D eigenvalue weighted by Crippen LogP contribution is -2.49. The zero-order valence-electron chi connectivity index (χ0n) is 17.4. The highest BCUT2D eigenvalue weighted by atomic mass is 16.2. The summed E-state index contributed by atoms with van der Waals surface area (Å²) in [6.45, 7) is 12.6. The van der Waals surface area contributed by atoms with Gasteiger partial charge in [0.15, 0.2) is 0 Å². The number of nitrogens with zero attached hydrogens (tertiary/aromatic N) is 4. The van der Waals surface area contributed by atoms with E-state index >= 15 is 0 Å². The highest BCUT2D eigenvalue weighted by Gasteiger charge is 2.22. The number of benzene rings is 1. The number of carbonyl (C=O) groups excluding carboxylic acids is 2. The molecule has 1 aromatic rings. The molecule has 0 aromatic heterocycles. The van der Waals surface area contributed by atoms with E-state index in [-0.39, 0.29) is 11.8 Å². The number of likely N-dealkylation sites (tertiary alicyclic amines) is 1. The van der Waals surface area contributed by atoms with Gasteiger partial charge in [-0.3, -0.25) is 19.4 Å². The molecule has 3 rings (SSSR count). The van der Waals surface area contributed by atoms with Crippen LogP contribution in [0.1, 0.15) is 42.6 Å². The van der Waals surface area contributed by atoms with Crippen molar-refractivity contribution in [2.75, 3.05) is 58.9 Å². The van der Waals surface area contributed by atoms with E-state index < -0.39 is 0 Å². The second-order valence-corrected chi connectivity index (χ2v) is 7.81. The van der Waals surface area contributed by atoms with Gasteiger partial charge in [-0.15, -0.1) is 0 Å². The molecule has 154 valence electrons. The van der Waals surface area contributed by atoms with Gasteiger partial charge in [-0.1, -0.05) is 12.1 Å². The van der Waals surface area contributed by atoms with Crippen molar-refractivity contribution in [1.82, 2.24) is 19.6 Å². The molecular formula is C22H34N4O2. The fourth-order valence-corrected chi connectivity index (χ4v) is 4.09. The molecule has 6 heteroatoms. The van der Waals surface area contributed by atoms with E-state index in [1.807, 2.05) is 35.8 Å². The Kier molecular flexibility index (Phi) is 7.45. The van der Waals surface area contributed by atoms with Crippen molar-refractivity contribution in [3.8, 4) is 0 Å². The molecule has 0 unspecified atom stereocenters. The van der Waals surface area contributed by atoms with Crippen molar-refractivity contribution >= 4 is 11.8 Å². The van der Waals surface area contributed by atoms with Crippen LogP contribution in [0.25, 0.3) is 0 Å². The smallest absolute Gasteiger partial charge is 0.253 e. The topological polar surface area (TPSA) is 47.1 Å². The van der Waals surface area contributed by atoms with Crippen LogP contribution in [0.5, 0.6) is 0 Å². The predicted molar refractivity (Wildman–Crippen MR) is 111 cm³/mol. The van der Waals surface area contributed by atoms with E-state index in [1.165, 1.54) is 5.56 Å². The average molecular weight is 387 g/mol. The molecular weight excluding hydrogens is 352 g/mol. The molecule has 0 saturated carbocycles. The molecule has 0 aliphatic carbocycles. The molecule has 0 bridgehead atoms. The summed E-state index contributed by atoms with van der Waals surface area (Å²) in [4.78, 5) is 33.2. The summed E-state index contributed by atoms with van der Waals surface area (Å²) >= 11 is 0. The molecule has 2 aliphatic heterocycles. The third kappa shape index (κ3) is 5.32. The lowest BCUT2D eigenvalue weighted by atomic mass is 10.1. The normalized spacial score (nSPS) is 18.4. The molecule has 2 aliphatic rings. The second kappa shape index (κ2) is 10.0. The second-order valence-electron chi connectivity index (χ2n) is 7.81. The first kappa shape index (κ1) is 20.8. The molecule has 0 N–H and O–H groups in total. The van der Waals surface area contributed by atoms with Gasteiger partial charge in [0.05, 0.1) is 6.54 Å². The molecule has 2 saturated heterocycles. The Morgan fingerprint density at radius 2 is 1.43 bits per heavy atom. The van der Waals surface area contributed by atoms with Crippen molar-refractivity contribution in [2.45, 2.75) is 33.2 Å². The van der Waals surface area contributed by atoms with Crippen LogP contribution in [0.4, 0.5) is 0 Å². The highest BCUT2D eigenvalue weighted by Crippen LogP contribution is 2.15. The van der Waals surface area contributed by atoms with E-state index in [0.717, 1.165) is 77.3 Å². The maximum atomic E-state index is 12.4.